The molecule has 0 heterocycles. The molecule has 0 radical (unpaired) electrons. The fourth-order valence-corrected chi connectivity index (χ4v) is 4.40. The van der Waals surface area contributed by atoms with Crippen molar-refractivity contribution in [2.24, 2.45) is 11.8 Å². The van der Waals surface area contributed by atoms with Crippen LogP contribution in [0, 0.1) is 29.0 Å². The van der Waals surface area contributed by atoms with Crippen LogP contribution in [0.1, 0.15) is 70.8 Å². The molecule has 1 aromatic carbocycles. The van der Waals surface area contributed by atoms with Gasteiger partial charge in [0.2, 0.25) is 0 Å². The average molecular weight is 359 g/mol. The van der Waals surface area contributed by atoms with Crippen molar-refractivity contribution in [3.63, 3.8) is 0 Å². The Morgan fingerprint density at radius 3 is 2.58 bits per heavy atom. The normalized spacial score (nSPS) is 18.0. The Balaban J connectivity index is 1.88. The third-order valence-corrected chi connectivity index (χ3v) is 6.28. The predicted molar refractivity (Wildman–Crippen MR) is 106 cm³/mol. The van der Waals surface area contributed by atoms with Crippen molar-refractivity contribution in [3.8, 4) is 6.07 Å². The first-order valence-electron chi connectivity index (χ1n) is 10.3. The molecule has 2 nitrogen and oxygen atoms in total. The van der Waals surface area contributed by atoms with Gasteiger partial charge in [0.1, 0.15) is 5.82 Å². The maximum absolute atomic E-state index is 13.7. The standard InChI is InChI=1S/C23H35FN2/c1-19(2)23(18-25,21-11-7-12-22(24)17-21)14-8-15-26(3)16-13-20-9-5-4-6-10-20/h7,11-12,17,19-20H,4-6,8-10,13-16H2,1-3H3. The lowest BCUT2D eigenvalue weighted by molar-refractivity contribution is 0.251. The lowest BCUT2D eigenvalue weighted by Gasteiger charge is -2.32. The van der Waals surface area contributed by atoms with Crippen molar-refractivity contribution >= 4 is 0 Å². The van der Waals surface area contributed by atoms with Crippen LogP contribution < -0.4 is 0 Å². The SMILES string of the molecule is CC(C)C(C#N)(CCCN(C)CCC1CCCCC1)c1cccc(F)c1. The zero-order valence-corrected chi connectivity index (χ0v) is 16.8. The lowest BCUT2D eigenvalue weighted by Crippen LogP contribution is -2.32. The molecule has 1 aliphatic carbocycles. The highest BCUT2D eigenvalue weighted by Gasteiger charge is 2.35. The van der Waals surface area contributed by atoms with Gasteiger partial charge in [0.25, 0.3) is 0 Å². The zero-order chi connectivity index (χ0) is 19.0. The summed E-state index contributed by atoms with van der Waals surface area (Å²) in [5.41, 5.74) is 0.214. The first-order chi connectivity index (χ1) is 12.5. The largest absolute Gasteiger partial charge is 0.306 e. The van der Waals surface area contributed by atoms with E-state index in [1.165, 1.54) is 50.7 Å². The molecule has 3 heteroatoms. The van der Waals surface area contributed by atoms with Gasteiger partial charge in [-0.1, -0.05) is 58.1 Å². The summed E-state index contributed by atoms with van der Waals surface area (Å²) in [6.45, 7) is 6.28. The number of rotatable bonds is 9. The molecule has 0 amide bonds. The second kappa shape index (κ2) is 10.1. The minimum atomic E-state index is -0.605. The zero-order valence-electron chi connectivity index (χ0n) is 16.8. The fraction of sp³-hybridized carbons (Fsp3) is 0.696. The van der Waals surface area contributed by atoms with E-state index < -0.39 is 5.41 Å². The topological polar surface area (TPSA) is 27.0 Å². The average Bonchev–Trinajstić information content (AvgIpc) is 2.64. The summed E-state index contributed by atoms with van der Waals surface area (Å²) in [4.78, 5) is 2.41. The first-order valence-corrected chi connectivity index (χ1v) is 10.3. The summed E-state index contributed by atoms with van der Waals surface area (Å²) in [5, 5.41) is 9.94. The Labute approximate surface area is 159 Å². The van der Waals surface area contributed by atoms with E-state index in [-0.39, 0.29) is 11.7 Å². The Hall–Kier alpha value is -1.40. The third kappa shape index (κ3) is 5.55. The molecule has 2 rings (SSSR count). The van der Waals surface area contributed by atoms with E-state index in [1.54, 1.807) is 6.07 Å². The molecule has 26 heavy (non-hydrogen) atoms. The second-order valence-electron chi connectivity index (χ2n) is 8.45. The van der Waals surface area contributed by atoms with Crippen LogP contribution in [0.5, 0.6) is 0 Å². The fourth-order valence-electron chi connectivity index (χ4n) is 4.40. The second-order valence-corrected chi connectivity index (χ2v) is 8.45. The van der Waals surface area contributed by atoms with Crippen LogP contribution in [0.3, 0.4) is 0 Å². The maximum Gasteiger partial charge on any atom is 0.123 e. The molecule has 0 bridgehead atoms. The van der Waals surface area contributed by atoms with E-state index in [0.717, 1.165) is 37.4 Å². The van der Waals surface area contributed by atoms with Crippen LogP contribution in [-0.4, -0.2) is 25.0 Å². The molecule has 1 aromatic rings. The van der Waals surface area contributed by atoms with Crippen molar-refractivity contribution in [2.45, 2.75) is 70.6 Å². The van der Waals surface area contributed by atoms with Crippen LogP contribution in [0.4, 0.5) is 4.39 Å². The molecule has 0 spiro atoms. The minimum Gasteiger partial charge on any atom is -0.306 e. The van der Waals surface area contributed by atoms with Crippen LogP contribution in [0.25, 0.3) is 0 Å². The summed E-state index contributed by atoms with van der Waals surface area (Å²) in [7, 11) is 2.19. The monoisotopic (exact) mass is 358 g/mol. The Morgan fingerprint density at radius 2 is 1.96 bits per heavy atom. The number of hydrogen-bond donors (Lipinski definition) is 0. The van der Waals surface area contributed by atoms with Gasteiger partial charge in [0.15, 0.2) is 0 Å². The molecule has 0 N–H and O–H groups in total. The summed E-state index contributed by atoms with van der Waals surface area (Å²) in [6.07, 6.45) is 10.1. The third-order valence-electron chi connectivity index (χ3n) is 6.28. The van der Waals surface area contributed by atoms with Gasteiger partial charge in [-0.3, -0.25) is 0 Å². The van der Waals surface area contributed by atoms with Gasteiger partial charge >= 0.3 is 0 Å². The van der Waals surface area contributed by atoms with E-state index >= 15 is 0 Å². The van der Waals surface area contributed by atoms with Crippen molar-refractivity contribution < 1.29 is 4.39 Å². The van der Waals surface area contributed by atoms with Gasteiger partial charge < -0.3 is 4.90 Å². The number of halogens is 1. The first kappa shape index (κ1) is 20.9. The Bertz CT molecular complexity index is 586. The summed E-state index contributed by atoms with van der Waals surface area (Å²) in [5.74, 6) is 0.807. The molecule has 0 saturated heterocycles. The lowest BCUT2D eigenvalue weighted by atomic mass is 9.70. The van der Waals surface area contributed by atoms with Crippen LogP contribution in [-0.2, 0) is 5.41 Å². The van der Waals surface area contributed by atoms with E-state index in [1.807, 2.05) is 6.07 Å². The Morgan fingerprint density at radius 1 is 1.23 bits per heavy atom. The molecule has 1 aliphatic rings. The van der Waals surface area contributed by atoms with Gasteiger partial charge in [0, 0.05) is 0 Å². The van der Waals surface area contributed by atoms with E-state index in [0.29, 0.717) is 0 Å². The molecule has 1 saturated carbocycles. The van der Waals surface area contributed by atoms with Gasteiger partial charge in [-0.2, -0.15) is 5.26 Å². The molecule has 0 aliphatic heterocycles. The number of hydrogen-bond acceptors (Lipinski definition) is 2. The maximum atomic E-state index is 13.7. The van der Waals surface area contributed by atoms with Crippen molar-refractivity contribution in [2.75, 3.05) is 20.1 Å². The number of nitriles is 1. The minimum absolute atomic E-state index is 0.154. The summed E-state index contributed by atoms with van der Waals surface area (Å²) >= 11 is 0. The van der Waals surface area contributed by atoms with Crippen LogP contribution >= 0.6 is 0 Å². The van der Waals surface area contributed by atoms with Gasteiger partial charge in [-0.05, 0) is 68.9 Å². The van der Waals surface area contributed by atoms with E-state index in [9.17, 15) is 9.65 Å². The van der Waals surface area contributed by atoms with E-state index in [4.69, 9.17) is 0 Å². The quantitative estimate of drug-likeness (QED) is 0.547. The highest BCUT2D eigenvalue weighted by atomic mass is 19.1. The van der Waals surface area contributed by atoms with Crippen LogP contribution in [0.15, 0.2) is 24.3 Å². The van der Waals surface area contributed by atoms with Crippen molar-refractivity contribution in [1.29, 1.82) is 5.26 Å². The highest BCUT2D eigenvalue weighted by molar-refractivity contribution is 5.33. The van der Waals surface area contributed by atoms with Gasteiger partial charge in [-0.15, -0.1) is 0 Å². The molecular weight excluding hydrogens is 323 g/mol. The summed E-state index contributed by atoms with van der Waals surface area (Å²) < 4.78 is 13.7. The smallest absolute Gasteiger partial charge is 0.123 e. The molecule has 144 valence electrons. The van der Waals surface area contributed by atoms with Gasteiger partial charge in [-0.25, -0.2) is 4.39 Å². The van der Waals surface area contributed by atoms with Crippen LogP contribution in [0.2, 0.25) is 0 Å². The predicted octanol–water partition coefficient (Wildman–Crippen LogP) is 5.93. The van der Waals surface area contributed by atoms with Crippen molar-refractivity contribution in [3.05, 3.63) is 35.6 Å². The number of benzene rings is 1. The van der Waals surface area contributed by atoms with E-state index in [2.05, 4.69) is 31.9 Å². The van der Waals surface area contributed by atoms with Gasteiger partial charge in [0.05, 0.1) is 11.5 Å². The molecular formula is C23H35FN2. The molecule has 0 aromatic heterocycles. The molecule has 1 fully saturated rings. The highest BCUT2D eigenvalue weighted by Crippen LogP contribution is 2.37. The molecule has 1 atom stereocenters. The molecule has 1 unspecified atom stereocenters. The van der Waals surface area contributed by atoms with Crippen molar-refractivity contribution in [1.82, 2.24) is 4.90 Å². The number of nitrogens with zero attached hydrogens (tertiary/aromatic N) is 2. The Kier molecular flexibility index (Phi) is 8.10. The summed E-state index contributed by atoms with van der Waals surface area (Å²) in [6, 6.07) is 9.14.